The molecule has 23 heavy (non-hydrogen) atoms. The third-order valence-corrected chi connectivity index (χ3v) is 6.40. The Morgan fingerprint density at radius 3 is 2.04 bits per heavy atom. The number of hydrogen-bond acceptors (Lipinski definition) is 2. The Kier molecular flexibility index (Phi) is 8.35. The van der Waals surface area contributed by atoms with Gasteiger partial charge in [0, 0.05) is 11.5 Å². The lowest BCUT2D eigenvalue weighted by Crippen LogP contribution is -2.13. The molecule has 0 fully saturated rings. The summed E-state index contributed by atoms with van der Waals surface area (Å²) in [5, 5.41) is 0.376. The zero-order valence-corrected chi connectivity index (χ0v) is 14.8. The smallest absolute Gasteiger partial charge is 0.326 e. The zero-order chi connectivity index (χ0) is 17.3. The predicted molar refractivity (Wildman–Crippen MR) is 88.6 cm³/mol. The highest BCUT2D eigenvalue weighted by molar-refractivity contribution is 7.67. The van der Waals surface area contributed by atoms with Gasteiger partial charge in [0.15, 0.2) is 0 Å². The minimum atomic E-state index is -4.38. The molecule has 0 aliphatic heterocycles. The van der Waals surface area contributed by atoms with Gasteiger partial charge in [-0.05, 0) is 37.6 Å². The van der Waals surface area contributed by atoms with Gasteiger partial charge in [-0.15, -0.1) is 0 Å². The minimum Gasteiger partial charge on any atom is -0.326 e. The van der Waals surface area contributed by atoms with Crippen molar-refractivity contribution in [3.05, 3.63) is 29.8 Å². The van der Waals surface area contributed by atoms with Crippen LogP contribution in [0.25, 0.3) is 0 Å². The molecule has 1 aromatic rings. The lowest BCUT2D eigenvalue weighted by Gasteiger charge is -2.19. The third kappa shape index (κ3) is 6.68. The number of halogens is 3. The van der Waals surface area contributed by atoms with Crippen molar-refractivity contribution < 1.29 is 22.3 Å². The molecule has 1 unspecified atom stereocenters. The van der Waals surface area contributed by atoms with Crippen LogP contribution < -0.4 is 5.30 Å². The number of alkyl halides is 3. The quantitative estimate of drug-likeness (QED) is 0.382. The van der Waals surface area contributed by atoms with Crippen molar-refractivity contribution in [3.63, 3.8) is 0 Å². The van der Waals surface area contributed by atoms with E-state index in [9.17, 15) is 17.7 Å². The monoisotopic (exact) mass is 350 g/mol. The van der Waals surface area contributed by atoms with Crippen LogP contribution in [0.5, 0.6) is 0 Å². The number of benzene rings is 1. The molecule has 0 saturated carbocycles. The summed E-state index contributed by atoms with van der Waals surface area (Å²) in [6.45, 7) is 4.18. The van der Waals surface area contributed by atoms with Crippen LogP contribution in [-0.4, -0.2) is 12.8 Å². The van der Waals surface area contributed by atoms with E-state index in [0.717, 1.165) is 37.8 Å². The molecule has 0 aliphatic carbocycles. The number of hydrogen-bond donors (Lipinski definition) is 0. The van der Waals surface area contributed by atoms with Gasteiger partial charge in [0.25, 0.3) is 0 Å². The molecule has 0 bridgehead atoms. The molecule has 0 saturated heterocycles. The van der Waals surface area contributed by atoms with Crippen LogP contribution in [0.1, 0.15) is 57.9 Å². The molecule has 0 amide bonds. The Labute approximate surface area is 136 Å². The van der Waals surface area contributed by atoms with Crippen LogP contribution in [0.3, 0.4) is 0 Å². The Morgan fingerprint density at radius 2 is 1.52 bits per heavy atom. The third-order valence-electron chi connectivity index (χ3n) is 3.73. The van der Waals surface area contributed by atoms with Gasteiger partial charge < -0.3 is 4.52 Å². The molecular weight excluding hydrogens is 324 g/mol. The fourth-order valence-corrected chi connectivity index (χ4v) is 4.65. The summed E-state index contributed by atoms with van der Waals surface area (Å²) in [4.78, 5) is 0. The molecule has 2 nitrogen and oxygen atoms in total. The molecule has 1 aromatic carbocycles. The minimum absolute atomic E-state index is 0.286. The van der Waals surface area contributed by atoms with Gasteiger partial charge in [0.1, 0.15) is 0 Å². The number of rotatable bonds is 10. The van der Waals surface area contributed by atoms with E-state index < -0.39 is 19.1 Å². The maximum absolute atomic E-state index is 13.0. The largest absolute Gasteiger partial charge is 0.416 e. The molecule has 0 N–H and O–H groups in total. The summed E-state index contributed by atoms with van der Waals surface area (Å²) in [5.41, 5.74) is -0.733. The van der Waals surface area contributed by atoms with Gasteiger partial charge in [-0.2, -0.15) is 13.2 Å². The van der Waals surface area contributed by atoms with Crippen LogP contribution in [0.2, 0.25) is 0 Å². The van der Waals surface area contributed by atoms with Crippen molar-refractivity contribution >= 4 is 12.7 Å². The maximum Gasteiger partial charge on any atom is 0.416 e. The predicted octanol–water partition coefficient (Wildman–Crippen LogP) is 6.01. The highest BCUT2D eigenvalue weighted by Gasteiger charge is 2.31. The highest BCUT2D eigenvalue weighted by Crippen LogP contribution is 2.47. The molecule has 0 radical (unpaired) electrons. The summed E-state index contributed by atoms with van der Waals surface area (Å²) in [6, 6.07) is 4.52. The Balaban J connectivity index is 2.70. The molecule has 0 spiro atoms. The molecule has 0 aliphatic rings. The van der Waals surface area contributed by atoms with Crippen molar-refractivity contribution in [2.75, 3.05) is 12.8 Å². The topological polar surface area (TPSA) is 26.3 Å². The average Bonchev–Trinajstić information content (AvgIpc) is 2.50. The number of unbranched alkanes of at least 4 members (excludes halogenated alkanes) is 5. The highest BCUT2D eigenvalue weighted by atomic mass is 31.2. The van der Waals surface area contributed by atoms with Crippen molar-refractivity contribution in [2.45, 2.75) is 58.5 Å². The first kappa shape index (κ1) is 20.2. The maximum atomic E-state index is 13.0. The lowest BCUT2D eigenvalue weighted by atomic mass is 10.1. The second-order valence-corrected chi connectivity index (χ2v) is 8.20. The van der Waals surface area contributed by atoms with Crippen LogP contribution in [0.15, 0.2) is 24.3 Å². The summed E-state index contributed by atoms with van der Waals surface area (Å²) in [5.74, 6) is 0. The molecular formula is C17H26F3O2P. The van der Waals surface area contributed by atoms with Gasteiger partial charge in [-0.3, -0.25) is 4.57 Å². The fourth-order valence-electron chi connectivity index (χ4n) is 2.45. The van der Waals surface area contributed by atoms with Gasteiger partial charge in [0.2, 0.25) is 7.37 Å². The standard InChI is InChI=1S/C17H26F3O2P/c1-3-5-6-7-8-9-14-23(21,22-4-2)16-12-10-15(11-13-16)17(18,19)20/h10-13H,3-9,14H2,1-2H3. The van der Waals surface area contributed by atoms with Crippen molar-refractivity contribution in [1.82, 2.24) is 0 Å². The van der Waals surface area contributed by atoms with E-state index in [1.165, 1.54) is 25.0 Å². The van der Waals surface area contributed by atoms with E-state index in [2.05, 4.69) is 6.92 Å². The van der Waals surface area contributed by atoms with E-state index in [4.69, 9.17) is 4.52 Å². The van der Waals surface area contributed by atoms with Crippen molar-refractivity contribution in [3.8, 4) is 0 Å². The molecule has 6 heteroatoms. The SMILES string of the molecule is CCCCCCCCP(=O)(OCC)c1ccc(C(F)(F)F)cc1. The first-order valence-corrected chi connectivity index (χ1v) is 10.1. The second-order valence-electron chi connectivity index (χ2n) is 5.63. The van der Waals surface area contributed by atoms with Crippen molar-refractivity contribution in [1.29, 1.82) is 0 Å². The normalized spacial score (nSPS) is 14.7. The first-order chi connectivity index (χ1) is 10.8. The molecule has 0 aromatic heterocycles. The fraction of sp³-hybridized carbons (Fsp3) is 0.647. The van der Waals surface area contributed by atoms with E-state index in [-0.39, 0.29) is 6.61 Å². The second kappa shape index (κ2) is 9.48. The summed E-state index contributed by atoms with van der Waals surface area (Å²) >= 11 is 0. The Hall–Kier alpha value is -0.800. The molecule has 1 atom stereocenters. The molecule has 132 valence electrons. The average molecular weight is 350 g/mol. The molecule has 0 heterocycles. The van der Waals surface area contributed by atoms with E-state index in [0.29, 0.717) is 11.5 Å². The summed E-state index contributed by atoms with van der Waals surface area (Å²) in [7, 11) is -3.07. The van der Waals surface area contributed by atoms with Gasteiger partial charge in [-0.25, -0.2) is 0 Å². The van der Waals surface area contributed by atoms with Gasteiger partial charge >= 0.3 is 6.18 Å². The molecule has 1 rings (SSSR count). The summed E-state index contributed by atoms with van der Waals surface area (Å²) in [6.07, 6.45) is 2.36. The van der Waals surface area contributed by atoms with Gasteiger partial charge in [-0.1, -0.05) is 39.0 Å². The summed E-state index contributed by atoms with van der Waals surface area (Å²) < 4.78 is 56.2. The van der Waals surface area contributed by atoms with Gasteiger partial charge in [0.05, 0.1) is 12.2 Å². The first-order valence-electron chi connectivity index (χ1n) is 8.25. The van der Waals surface area contributed by atoms with E-state index in [1.807, 2.05) is 0 Å². The van der Waals surface area contributed by atoms with Crippen LogP contribution >= 0.6 is 7.37 Å². The lowest BCUT2D eigenvalue weighted by molar-refractivity contribution is -0.137. The Morgan fingerprint density at radius 1 is 0.957 bits per heavy atom. The zero-order valence-electron chi connectivity index (χ0n) is 13.9. The Bertz CT molecular complexity index is 498. The van der Waals surface area contributed by atoms with Crippen molar-refractivity contribution in [2.24, 2.45) is 0 Å². The van der Waals surface area contributed by atoms with Crippen LogP contribution in [0.4, 0.5) is 13.2 Å². The van der Waals surface area contributed by atoms with Crippen LogP contribution in [-0.2, 0) is 15.3 Å². The van der Waals surface area contributed by atoms with Crippen LogP contribution in [0, 0.1) is 0 Å². The van der Waals surface area contributed by atoms with E-state index >= 15 is 0 Å². The van der Waals surface area contributed by atoms with E-state index in [1.54, 1.807) is 6.92 Å².